The Morgan fingerprint density at radius 3 is 2.89 bits per heavy atom. The smallest absolute Gasteiger partial charge is 0.184 e. The first-order chi connectivity index (χ1) is 8.72. The third-order valence-corrected chi connectivity index (χ3v) is 2.50. The van der Waals surface area contributed by atoms with Crippen molar-refractivity contribution in [2.24, 2.45) is 0 Å². The zero-order chi connectivity index (χ0) is 13.0. The Hall–Kier alpha value is -2.15. The van der Waals surface area contributed by atoms with E-state index in [1.165, 1.54) is 0 Å². The third-order valence-electron chi connectivity index (χ3n) is 2.50. The molecule has 0 spiro atoms. The summed E-state index contributed by atoms with van der Waals surface area (Å²) in [6, 6.07) is 5.28. The maximum atomic E-state index is 5.92. The minimum atomic E-state index is 0.558. The van der Waals surface area contributed by atoms with Crippen LogP contribution in [0.4, 0.5) is 11.4 Å². The lowest BCUT2D eigenvalue weighted by Crippen LogP contribution is -2.09. The highest BCUT2D eigenvalue weighted by Crippen LogP contribution is 2.25. The van der Waals surface area contributed by atoms with Gasteiger partial charge in [0.25, 0.3) is 0 Å². The fourth-order valence-electron chi connectivity index (χ4n) is 1.63. The summed E-state index contributed by atoms with van der Waals surface area (Å²) < 4.78 is 6.94. The predicted molar refractivity (Wildman–Crippen MR) is 68.6 cm³/mol. The van der Waals surface area contributed by atoms with Crippen LogP contribution in [0.3, 0.4) is 0 Å². The molecule has 0 saturated heterocycles. The van der Waals surface area contributed by atoms with Crippen molar-refractivity contribution < 1.29 is 4.74 Å². The van der Waals surface area contributed by atoms with Gasteiger partial charge in [-0.3, -0.25) is 0 Å². The monoisotopic (exact) mass is 248 g/mol. The van der Waals surface area contributed by atoms with Gasteiger partial charge < -0.3 is 16.2 Å². The maximum absolute atomic E-state index is 5.92. The van der Waals surface area contributed by atoms with Gasteiger partial charge in [0.2, 0.25) is 0 Å². The van der Waals surface area contributed by atoms with Crippen LogP contribution in [0.25, 0.3) is 11.4 Å². The number of nitrogens with zero attached hydrogens (tertiary/aromatic N) is 4. The second kappa shape index (κ2) is 5.46. The van der Waals surface area contributed by atoms with Gasteiger partial charge in [0.15, 0.2) is 5.82 Å². The number of ether oxygens (including phenoxy) is 1. The van der Waals surface area contributed by atoms with E-state index in [2.05, 4.69) is 15.5 Å². The summed E-state index contributed by atoms with van der Waals surface area (Å²) >= 11 is 0. The van der Waals surface area contributed by atoms with Gasteiger partial charge in [-0.15, -0.1) is 5.10 Å². The summed E-state index contributed by atoms with van der Waals surface area (Å²) in [5, 5.41) is 11.6. The SMILES string of the molecule is CCOCCn1nnnc1-c1ccc(N)cc1N. The fourth-order valence-corrected chi connectivity index (χ4v) is 1.63. The van der Waals surface area contributed by atoms with Gasteiger partial charge in [0, 0.05) is 23.5 Å². The van der Waals surface area contributed by atoms with E-state index in [9.17, 15) is 0 Å². The Morgan fingerprint density at radius 1 is 1.33 bits per heavy atom. The van der Waals surface area contributed by atoms with Crippen LogP contribution < -0.4 is 11.5 Å². The van der Waals surface area contributed by atoms with Crippen LogP contribution in [0.15, 0.2) is 18.2 Å². The lowest BCUT2D eigenvalue weighted by Gasteiger charge is -2.07. The van der Waals surface area contributed by atoms with Gasteiger partial charge in [-0.05, 0) is 35.5 Å². The molecule has 0 fully saturated rings. The minimum Gasteiger partial charge on any atom is -0.399 e. The van der Waals surface area contributed by atoms with E-state index in [4.69, 9.17) is 16.2 Å². The van der Waals surface area contributed by atoms with Gasteiger partial charge in [-0.1, -0.05) is 0 Å². The minimum absolute atomic E-state index is 0.558. The molecule has 1 aromatic carbocycles. The molecule has 2 rings (SSSR count). The van der Waals surface area contributed by atoms with Crippen molar-refractivity contribution in [1.29, 1.82) is 0 Å². The number of hydrogen-bond donors (Lipinski definition) is 2. The van der Waals surface area contributed by atoms with E-state index in [-0.39, 0.29) is 0 Å². The molecule has 0 saturated carbocycles. The quantitative estimate of drug-likeness (QED) is 0.591. The van der Waals surface area contributed by atoms with Crippen molar-refractivity contribution in [2.45, 2.75) is 13.5 Å². The summed E-state index contributed by atoms with van der Waals surface area (Å²) in [6.45, 7) is 3.75. The van der Waals surface area contributed by atoms with Gasteiger partial charge >= 0.3 is 0 Å². The van der Waals surface area contributed by atoms with Gasteiger partial charge in [0.1, 0.15) is 0 Å². The van der Waals surface area contributed by atoms with E-state index in [0.29, 0.717) is 37.0 Å². The normalized spacial score (nSPS) is 10.7. The second-order valence-electron chi connectivity index (χ2n) is 3.77. The van der Waals surface area contributed by atoms with Crippen molar-refractivity contribution in [2.75, 3.05) is 24.7 Å². The van der Waals surface area contributed by atoms with Gasteiger partial charge in [-0.2, -0.15) is 0 Å². The van der Waals surface area contributed by atoms with Crippen LogP contribution >= 0.6 is 0 Å². The molecule has 4 N–H and O–H groups in total. The van der Waals surface area contributed by atoms with Crippen LogP contribution in [0.2, 0.25) is 0 Å². The maximum Gasteiger partial charge on any atom is 0.184 e. The Labute approximate surface area is 105 Å². The van der Waals surface area contributed by atoms with Crippen molar-refractivity contribution in [3.63, 3.8) is 0 Å². The third kappa shape index (κ3) is 2.57. The van der Waals surface area contributed by atoms with Crippen molar-refractivity contribution in [3.8, 4) is 11.4 Å². The van der Waals surface area contributed by atoms with E-state index < -0.39 is 0 Å². The van der Waals surface area contributed by atoms with Crippen LogP contribution in [-0.4, -0.2) is 33.4 Å². The first kappa shape index (κ1) is 12.3. The zero-order valence-corrected chi connectivity index (χ0v) is 10.2. The molecule has 0 unspecified atom stereocenters. The summed E-state index contributed by atoms with van der Waals surface area (Å²) in [6.07, 6.45) is 0. The number of tetrazole rings is 1. The van der Waals surface area contributed by atoms with Crippen LogP contribution in [0, 0.1) is 0 Å². The molecule has 1 heterocycles. The first-order valence-corrected chi connectivity index (χ1v) is 5.71. The van der Waals surface area contributed by atoms with Crippen LogP contribution in [0.1, 0.15) is 6.92 Å². The number of benzene rings is 1. The molecule has 1 aromatic heterocycles. The Morgan fingerprint density at radius 2 is 2.17 bits per heavy atom. The highest BCUT2D eigenvalue weighted by Gasteiger charge is 2.11. The number of aromatic nitrogens is 4. The molecule has 0 aliphatic rings. The fraction of sp³-hybridized carbons (Fsp3) is 0.364. The van der Waals surface area contributed by atoms with Crippen LogP contribution in [0.5, 0.6) is 0 Å². The molecule has 7 nitrogen and oxygen atoms in total. The molecule has 2 aromatic rings. The van der Waals surface area contributed by atoms with Crippen molar-refractivity contribution >= 4 is 11.4 Å². The average molecular weight is 248 g/mol. The molecule has 0 bridgehead atoms. The van der Waals surface area contributed by atoms with Crippen molar-refractivity contribution in [1.82, 2.24) is 20.2 Å². The lowest BCUT2D eigenvalue weighted by atomic mass is 10.1. The summed E-state index contributed by atoms with van der Waals surface area (Å²) in [7, 11) is 0. The summed E-state index contributed by atoms with van der Waals surface area (Å²) in [4.78, 5) is 0. The molecule has 0 radical (unpaired) electrons. The molecule has 0 atom stereocenters. The molecule has 0 amide bonds. The van der Waals surface area contributed by atoms with Gasteiger partial charge in [0.05, 0.1) is 13.2 Å². The topological polar surface area (TPSA) is 105 Å². The summed E-state index contributed by atoms with van der Waals surface area (Å²) in [5.74, 6) is 0.618. The van der Waals surface area contributed by atoms with E-state index in [0.717, 1.165) is 5.56 Å². The number of hydrogen-bond acceptors (Lipinski definition) is 6. The van der Waals surface area contributed by atoms with Crippen LogP contribution in [-0.2, 0) is 11.3 Å². The highest BCUT2D eigenvalue weighted by molar-refractivity contribution is 5.74. The van der Waals surface area contributed by atoms with E-state index >= 15 is 0 Å². The average Bonchev–Trinajstić information content (AvgIpc) is 2.78. The number of nitrogens with two attached hydrogens (primary N) is 2. The molecular formula is C11H16N6O. The van der Waals surface area contributed by atoms with Gasteiger partial charge in [-0.25, -0.2) is 4.68 Å². The number of anilines is 2. The van der Waals surface area contributed by atoms with E-state index in [1.54, 1.807) is 16.8 Å². The molecule has 18 heavy (non-hydrogen) atoms. The predicted octanol–water partition coefficient (Wildman–Crippen LogP) is 0.541. The van der Waals surface area contributed by atoms with Crippen molar-refractivity contribution in [3.05, 3.63) is 18.2 Å². The Kier molecular flexibility index (Phi) is 3.73. The zero-order valence-electron chi connectivity index (χ0n) is 10.2. The first-order valence-electron chi connectivity index (χ1n) is 5.71. The Balaban J connectivity index is 2.25. The number of rotatable bonds is 5. The largest absolute Gasteiger partial charge is 0.399 e. The molecular weight excluding hydrogens is 232 g/mol. The molecule has 96 valence electrons. The molecule has 0 aliphatic heterocycles. The second-order valence-corrected chi connectivity index (χ2v) is 3.77. The Bertz CT molecular complexity index is 524. The lowest BCUT2D eigenvalue weighted by molar-refractivity contribution is 0.136. The molecule has 7 heteroatoms. The standard InChI is InChI=1S/C11H16N6O/c1-2-18-6-5-17-11(14-15-16-17)9-4-3-8(12)7-10(9)13/h3-4,7H,2,5-6,12-13H2,1H3. The number of nitrogen functional groups attached to an aromatic ring is 2. The molecule has 0 aliphatic carbocycles. The van der Waals surface area contributed by atoms with E-state index in [1.807, 2.05) is 13.0 Å². The summed E-state index contributed by atoms with van der Waals surface area (Å²) in [5.41, 5.74) is 13.5. The highest BCUT2D eigenvalue weighted by atomic mass is 16.5.